The number of hydrogen-bond acceptors (Lipinski definition) is 4. The molecule has 0 saturated carbocycles. The number of ether oxygens (including phenoxy) is 1. The number of benzene rings is 2. The van der Waals surface area contributed by atoms with E-state index in [0.29, 0.717) is 24.4 Å². The summed E-state index contributed by atoms with van der Waals surface area (Å²) in [5, 5.41) is 3.21. The SMILES string of the molecule is CCNSc1ccc(CNCc2cc(F)c(F)cc2OC)cc1. The van der Waals surface area contributed by atoms with Gasteiger partial charge in [0.15, 0.2) is 11.6 Å². The lowest BCUT2D eigenvalue weighted by Gasteiger charge is -2.11. The van der Waals surface area contributed by atoms with Crippen LogP contribution in [0.5, 0.6) is 5.75 Å². The number of nitrogens with one attached hydrogen (secondary N) is 2. The molecule has 2 aromatic carbocycles. The number of rotatable bonds is 8. The molecule has 124 valence electrons. The summed E-state index contributed by atoms with van der Waals surface area (Å²) in [6.07, 6.45) is 0. The van der Waals surface area contributed by atoms with Crippen molar-refractivity contribution in [3.63, 3.8) is 0 Å². The normalized spacial score (nSPS) is 10.8. The second kappa shape index (κ2) is 8.86. The number of hydrogen-bond donors (Lipinski definition) is 2. The minimum absolute atomic E-state index is 0.341. The van der Waals surface area contributed by atoms with E-state index in [1.165, 1.54) is 7.11 Å². The third-order valence-corrected chi connectivity index (χ3v) is 4.17. The van der Waals surface area contributed by atoms with Crippen molar-refractivity contribution < 1.29 is 13.5 Å². The van der Waals surface area contributed by atoms with E-state index in [1.54, 1.807) is 11.9 Å². The summed E-state index contributed by atoms with van der Waals surface area (Å²) in [5.74, 6) is -1.43. The van der Waals surface area contributed by atoms with Gasteiger partial charge in [0.1, 0.15) is 5.75 Å². The lowest BCUT2D eigenvalue weighted by Crippen LogP contribution is -2.14. The van der Waals surface area contributed by atoms with E-state index >= 15 is 0 Å². The summed E-state index contributed by atoms with van der Waals surface area (Å²) >= 11 is 1.59. The van der Waals surface area contributed by atoms with Crippen LogP contribution in [0.1, 0.15) is 18.1 Å². The van der Waals surface area contributed by atoms with Gasteiger partial charge in [-0.05, 0) is 35.7 Å². The molecule has 0 saturated heterocycles. The Kier molecular flexibility index (Phi) is 6.83. The highest BCUT2D eigenvalue weighted by atomic mass is 32.2. The molecule has 0 spiro atoms. The molecule has 2 aromatic rings. The summed E-state index contributed by atoms with van der Waals surface area (Å²) < 4.78 is 34.8. The maximum atomic E-state index is 13.3. The van der Waals surface area contributed by atoms with E-state index in [1.807, 2.05) is 24.3 Å². The Balaban J connectivity index is 1.91. The lowest BCUT2D eigenvalue weighted by molar-refractivity contribution is 0.398. The first-order chi connectivity index (χ1) is 11.1. The van der Waals surface area contributed by atoms with Gasteiger partial charge < -0.3 is 10.1 Å². The second-order valence-electron chi connectivity index (χ2n) is 4.93. The molecule has 2 rings (SSSR count). The van der Waals surface area contributed by atoms with Crippen LogP contribution in [0, 0.1) is 11.6 Å². The van der Waals surface area contributed by atoms with Crippen LogP contribution in [0.4, 0.5) is 8.78 Å². The first kappa shape index (κ1) is 17.7. The Morgan fingerprint density at radius 2 is 1.74 bits per heavy atom. The predicted octanol–water partition coefficient (Wildman–Crippen LogP) is 3.88. The second-order valence-corrected chi connectivity index (χ2v) is 5.89. The highest BCUT2D eigenvalue weighted by Gasteiger charge is 2.10. The van der Waals surface area contributed by atoms with Gasteiger partial charge in [-0.1, -0.05) is 19.1 Å². The van der Waals surface area contributed by atoms with Crippen molar-refractivity contribution in [3.05, 3.63) is 59.2 Å². The largest absolute Gasteiger partial charge is 0.496 e. The van der Waals surface area contributed by atoms with Crippen molar-refractivity contribution in [2.75, 3.05) is 13.7 Å². The zero-order valence-electron chi connectivity index (χ0n) is 13.2. The summed E-state index contributed by atoms with van der Waals surface area (Å²) in [5.41, 5.74) is 1.71. The van der Waals surface area contributed by atoms with Gasteiger partial charge in [-0.2, -0.15) is 0 Å². The third kappa shape index (κ3) is 5.20. The zero-order chi connectivity index (χ0) is 16.7. The van der Waals surface area contributed by atoms with Crippen LogP contribution < -0.4 is 14.8 Å². The topological polar surface area (TPSA) is 33.3 Å². The minimum Gasteiger partial charge on any atom is -0.496 e. The first-order valence-electron chi connectivity index (χ1n) is 7.35. The molecule has 2 N–H and O–H groups in total. The average molecular weight is 338 g/mol. The van der Waals surface area contributed by atoms with Crippen LogP contribution in [0.3, 0.4) is 0 Å². The van der Waals surface area contributed by atoms with Gasteiger partial charge in [-0.25, -0.2) is 8.78 Å². The van der Waals surface area contributed by atoms with Crippen molar-refractivity contribution in [1.82, 2.24) is 10.0 Å². The van der Waals surface area contributed by atoms with Gasteiger partial charge in [0.2, 0.25) is 0 Å². The molecule has 0 atom stereocenters. The summed E-state index contributed by atoms with van der Waals surface area (Å²) in [7, 11) is 1.44. The van der Waals surface area contributed by atoms with Gasteiger partial charge in [0.25, 0.3) is 0 Å². The molecule has 0 radical (unpaired) electrons. The fraction of sp³-hybridized carbons (Fsp3) is 0.294. The Morgan fingerprint density at radius 3 is 2.39 bits per heavy atom. The van der Waals surface area contributed by atoms with Crippen LogP contribution in [-0.2, 0) is 13.1 Å². The van der Waals surface area contributed by atoms with Gasteiger partial charge >= 0.3 is 0 Å². The summed E-state index contributed by atoms with van der Waals surface area (Å²) in [6, 6.07) is 10.4. The molecule has 0 unspecified atom stereocenters. The Morgan fingerprint density at radius 1 is 1.04 bits per heavy atom. The standard InChI is InChI=1S/C17H20F2N2OS/c1-3-21-23-14-6-4-12(5-7-14)10-20-11-13-8-15(18)16(19)9-17(13)22-2/h4-9,20-21H,3,10-11H2,1-2H3. The van der Waals surface area contributed by atoms with Crippen LogP contribution in [-0.4, -0.2) is 13.7 Å². The summed E-state index contributed by atoms with van der Waals surface area (Å²) in [4.78, 5) is 1.15. The van der Waals surface area contributed by atoms with Crippen molar-refractivity contribution in [3.8, 4) is 5.75 Å². The zero-order valence-corrected chi connectivity index (χ0v) is 14.0. The fourth-order valence-electron chi connectivity index (χ4n) is 2.07. The maximum Gasteiger partial charge on any atom is 0.162 e. The highest BCUT2D eigenvalue weighted by molar-refractivity contribution is 7.97. The third-order valence-electron chi connectivity index (χ3n) is 3.23. The highest BCUT2D eigenvalue weighted by Crippen LogP contribution is 2.22. The van der Waals surface area contributed by atoms with Crippen LogP contribution in [0.2, 0.25) is 0 Å². The van der Waals surface area contributed by atoms with E-state index < -0.39 is 11.6 Å². The molecule has 0 bridgehead atoms. The molecule has 0 fully saturated rings. The van der Waals surface area contributed by atoms with Gasteiger partial charge in [0, 0.05) is 36.2 Å². The number of halogens is 2. The van der Waals surface area contributed by atoms with Crippen molar-refractivity contribution in [1.29, 1.82) is 0 Å². The molecule has 6 heteroatoms. The van der Waals surface area contributed by atoms with Crippen LogP contribution >= 0.6 is 11.9 Å². The van der Waals surface area contributed by atoms with Crippen molar-refractivity contribution in [2.24, 2.45) is 0 Å². The smallest absolute Gasteiger partial charge is 0.162 e. The average Bonchev–Trinajstić information content (AvgIpc) is 2.57. The van der Waals surface area contributed by atoms with Crippen LogP contribution in [0.15, 0.2) is 41.3 Å². The molecule has 0 aliphatic heterocycles. The molecule has 3 nitrogen and oxygen atoms in total. The van der Waals surface area contributed by atoms with Gasteiger partial charge in [-0.3, -0.25) is 4.72 Å². The van der Waals surface area contributed by atoms with E-state index in [4.69, 9.17) is 4.74 Å². The first-order valence-corrected chi connectivity index (χ1v) is 8.17. The Hall–Kier alpha value is -1.63. The molecule has 0 aliphatic carbocycles. The molecular weight excluding hydrogens is 318 g/mol. The summed E-state index contributed by atoms with van der Waals surface area (Å²) in [6.45, 7) is 3.99. The molecule has 0 aliphatic rings. The molecule has 0 amide bonds. The van der Waals surface area contributed by atoms with Crippen molar-refractivity contribution in [2.45, 2.75) is 24.9 Å². The Labute approximate surface area is 139 Å². The molecular formula is C17H20F2N2OS. The maximum absolute atomic E-state index is 13.3. The van der Waals surface area contributed by atoms with Gasteiger partial charge in [-0.15, -0.1) is 0 Å². The fourth-order valence-corrected chi connectivity index (χ4v) is 2.65. The quantitative estimate of drug-likeness (QED) is 0.716. The van der Waals surface area contributed by atoms with E-state index in [2.05, 4.69) is 17.0 Å². The van der Waals surface area contributed by atoms with Gasteiger partial charge in [0.05, 0.1) is 7.11 Å². The minimum atomic E-state index is -0.903. The van der Waals surface area contributed by atoms with Crippen LogP contribution in [0.25, 0.3) is 0 Å². The lowest BCUT2D eigenvalue weighted by atomic mass is 10.1. The molecule has 0 heterocycles. The van der Waals surface area contributed by atoms with E-state index in [-0.39, 0.29) is 0 Å². The Bertz CT molecular complexity index is 635. The predicted molar refractivity (Wildman–Crippen MR) is 89.4 cm³/mol. The molecule has 0 aromatic heterocycles. The van der Waals surface area contributed by atoms with E-state index in [9.17, 15) is 8.78 Å². The monoisotopic (exact) mass is 338 g/mol. The number of methoxy groups -OCH3 is 1. The van der Waals surface area contributed by atoms with Crippen molar-refractivity contribution >= 4 is 11.9 Å². The molecule has 23 heavy (non-hydrogen) atoms. The van der Waals surface area contributed by atoms with E-state index in [0.717, 1.165) is 29.1 Å².